The Bertz CT molecular complexity index is 862. The van der Waals surface area contributed by atoms with Gasteiger partial charge in [-0.05, 0) is 42.8 Å². The van der Waals surface area contributed by atoms with Crippen molar-refractivity contribution >= 4 is 11.7 Å². The van der Waals surface area contributed by atoms with Gasteiger partial charge >= 0.3 is 6.03 Å². The van der Waals surface area contributed by atoms with Crippen molar-refractivity contribution in [3.8, 4) is 11.6 Å². The van der Waals surface area contributed by atoms with Gasteiger partial charge in [-0.15, -0.1) is 0 Å². The third kappa shape index (κ3) is 3.95. The van der Waals surface area contributed by atoms with Gasteiger partial charge in [0.2, 0.25) is 0 Å². The average Bonchev–Trinajstić information content (AvgIpc) is 3.15. The minimum atomic E-state index is -0.292. The van der Waals surface area contributed by atoms with E-state index < -0.39 is 0 Å². The third-order valence-electron chi connectivity index (χ3n) is 3.68. The highest BCUT2D eigenvalue weighted by atomic mass is 16.5. The molecule has 7 nitrogen and oxygen atoms in total. The first kappa shape index (κ1) is 16.5. The minimum Gasteiger partial charge on any atom is -0.496 e. The van der Waals surface area contributed by atoms with Crippen LogP contribution < -0.4 is 15.4 Å². The van der Waals surface area contributed by atoms with Crippen molar-refractivity contribution in [1.29, 1.82) is 0 Å². The molecule has 0 spiro atoms. The van der Waals surface area contributed by atoms with E-state index in [0.717, 1.165) is 16.9 Å². The smallest absolute Gasteiger partial charge is 0.319 e. The fourth-order valence-corrected chi connectivity index (χ4v) is 2.48. The van der Waals surface area contributed by atoms with Gasteiger partial charge in [0.05, 0.1) is 7.11 Å². The molecular weight excluding hydrogens is 318 g/mol. The molecule has 0 aliphatic heterocycles. The number of carbonyl (C=O) groups is 1. The van der Waals surface area contributed by atoms with Gasteiger partial charge in [-0.25, -0.2) is 14.5 Å². The summed E-state index contributed by atoms with van der Waals surface area (Å²) in [5.74, 6) is 1.47. The van der Waals surface area contributed by atoms with Gasteiger partial charge in [0, 0.05) is 36.4 Å². The molecule has 0 saturated carbocycles. The van der Waals surface area contributed by atoms with Crippen LogP contribution in [0.1, 0.15) is 11.1 Å². The summed E-state index contributed by atoms with van der Waals surface area (Å²) < 4.78 is 6.88. The Balaban J connectivity index is 1.64. The van der Waals surface area contributed by atoms with Crippen molar-refractivity contribution < 1.29 is 9.53 Å². The monoisotopic (exact) mass is 337 g/mol. The molecule has 2 amide bonds. The maximum Gasteiger partial charge on any atom is 0.319 e. The number of pyridine rings is 1. The van der Waals surface area contributed by atoms with Crippen molar-refractivity contribution in [3.05, 3.63) is 66.1 Å². The molecule has 0 bridgehead atoms. The lowest BCUT2D eigenvalue weighted by Gasteiger charge is -2.12. The van der Waals surface area contributed by atoms with Crippen LogP contribution in [0, 0.1) is 6.92 Å². The number of amides is 2. The Morgan fingerprint density at radius 3 is 2.84 bits per heavy atom. The molecule has 0 aliphatic carbocycles. The highest BCUT2D eigenvalue weighted by Gasteiger charge is 2.08. The number of benzene rings is 1. The number of rotatable bonds is 5. The molecule has 2 aromatic heterocycles. The zero-order chi connectivity index (χ0) is 17.6. The highest BCUT2D eigenvalue weighted by molar-refractivity contribution is 5.89. The zero-order valence-electron chi connectivity index (χ0n) is 14.1. The fraction of sp³-hybridized carbons (Fsp3) is 0.167. The molecule has 2 N–H and O–H groups in total. The maximum atomic E-state index is 12.2. The van der Waals surface area contributed by atoms with E-state index in [-0.39, 0.29) is 6.03 Å². The van der Waals surface area contributed by atoms with E-state index in [1.165, 1.54) is 0 Å². The lowest BCUT2D eigenvalue weighted by molar-refractivity contribution is 0.251. The van der Waals surface area contributed by atoms with Crippen molar-refractivity contribution in [3.63, 3.8) is 0 Å². The number of urea groups is 1. The average molecular weight is 337 g/mol. The quantitative estimate of drug-likeness (QED) is 0.750. The Labute approximate surface area is 145 Å². The largest absolute Gasteiger partial charge is 0.496 e. The van der Waals surface area contributed by atoms with Gasteiger partial charge in [0.1, 0.15) is 5.75 Å². The van der Waals surface area contributed by atoms with Crippen LogP contribution in [0.3, 0.4) is 0 Å². The summed E-state index contributed by atoms with van der Waals surface area (Å²) in [7, 11) is 1.62. The first-order valence-electron chi connectivity index (χ1n) is 7.81. The number of hydrogen-bond acceptors (Lipinski definition) is 4. The molecule has 25 heavy (non-hydrogen) atoms. The number of ether oxygens (including phenoxy) is 1. The topological polar surface area (TPSA) is 81.1 Å². The normalized spacial score (nSPS) is 10.3. The summed E-state index contributed by atoms with van der Waals surface area (Å²) in [4.78, 5) is 16.5. The van der Waals surface area contributed by atoms with E-state index in [4.69, 9.17) is 4.74 Å². The fourth-order valence-electron chi connectivity index (χ4n) is 2.48. The van der Waals surface area contributed by atoms with Crippen LogP contribution in [0.25, 0.3) is 5.82 Å². The summed E-state index contributed by atoms with van der Waals surface area (Å²) in [6, 6.07) is 10.7. The van der Waals surface area contributed by atoms with E-state index in [2.05, 4.69) is 20.7 Å². The molecule has 0 radical (unpaired) electrons. The number of hydrogen-bond donors (Lipinski definition) is 2. The molecule has 7 heteroatoms. The summed E-state index contributed by atoms with van der Waals surface area (Å²) in [6.07, 6.45) is 5.19. The molecule has 1 aromatic carbocycles. The molecule has 0 atom stereocenters. The van der Waals surface area contributed by atoms with Crippen LogP contribution in [0.15, 0.2) is 55.0 Å². The van der Waals surface area contributed by atoms with Crippen molar-refractivity contribution in [2.24, 2.45) is 0 Å². The molecule has 128 valence electrons. The zero-order valence-corrected chi connectivity index (χ0v) is 14.1. The van der Waals surface area contributed by atoms with E-state index in [0.29, 0.717) is 18.1 Å². The first-order valence-corrected chi connectivity index (χ1v) is 7.81. The van der Waals surface area contributed by atoms with Gasteiger partial charge in [0.15, 0.2) is 5.82 Å². The molecule has 3 aromatic rings. The Hall–Kier alpha value is -3.35. The number of nitrogens with one attached hydrogen (secondary N) is 2. The van der Waals surface area contributed by atoms with E-state index in [9.17, 15) is 4.79 Å². The van der Waals surface area contributed by atoms with E-state index in [1.54, 1.807) is 30.3 Å². The second-order valence-corrected chi connectivity index (χ2v) is 5.43. The summed E-state index contributed by atoms with van der Waals surface area (Å²) >= 11 is 0. The second kappa shape index (κ2) is 7.48. The summed E-state index contributed by atoms with van der Waals surface area (Å²) in [6.45, 7) is 2.26. The number of anilines is 1. The van der Waals surface area contributed by atoms with Gasteiger partial charge in [-0.2, -0.15) is 5.10 Å². The predicted molar refractivity (Wildman–Crippen MR) is 94.9 cm³/mol. The Kier molecular flexibility index (Phi) is 4.94. The van der Waals surface area contributed by atoms with Gasteiger partial charge in [0.25, 0.3) is 0 Å². The van der Waals surface area contributed by atoms with Crippen LogP contribution in [0.4, 0.5) is 10.5 Å². The summed E-state index contributed by atoms with van der Waals surface area (Å²) in [5.41, 5.74) is 2.52. The molecule has 0 aliphatic rings. The SMILES string of the molecule is COc1ccc(NC(=O)NCc2cccnc2-n2cccn2)cc1C. The van der Waals surface area contributed by atoms with Crippen LogP contribution in [0.2, 0.25) is 0 Å². The maximum absolute atomic E-state index is 12.2. The Morgan fingerprint density at radius 1 is 1.24 bits per heavy atom. The predicted octanol–water partition coefficient (Wildman–Crippen LogP) is 2.91. The van der Waals surface area contributed by atoms with Crippen molar-refractivity contribution in [2.75, 3.05) is 12.4 Å². The minimum absolute atomic E-state index is 0.292. The molecule has 2 heterocycles. The first-order chi connectivity index (χ1) is 12.2. The second-order valence-electron chi connectivity index (χ2n) is 5.43. The summed E-state index contributed by atoms with van der Waals surface area (Å²) in [5, 5.41) is 9.83. The van der Waals surface area contributed by atoms with Gasteiger partial charge < -0.3 is 15.4 Å². The number of nitrogens with zero attached hydrogens (tertiary/aromatic N) is 3. The van der Waals surface area contributed by atoms with E-state index in [1.807, 2.05) is 43.5 Å². The lowest BCUT2D eigenvalue weighted by Crippen LogP contribution is -2.28. The molecule has 0 fully saturated rings. The lowest BCUT2D eigenvalue weighted by atomic mass is 10.2. The third-order valence-corrected chi connectivity index (χ3v) is 3.68. The number of aromatic nitrogens is 3. The van der Waals surface area contributed by atoms with Crippen LogP contribution >= 0.6 is 0 Å². The van der Waals surface area contributed by atoms with Crippen molar-refractivity contribution in [1.82, 2.24) is 20.1 Å². The number of carbonyl (C=O) groups excluding carboxylic acids is 1. The highest BCUT2D eigenvalue weighted by Crippen LogP contribution is 2.21. The van der Waals surface area contributed by atoms with Gasteiger partial charge in [-0.1, -0.05) is 6.07 Å². The van der Waals surface area contributed by atoms with Crippen LogP contribution in [-0.4, -0.2) is 27.9 Å². The molecule has 3 rings (SSSR count). The van der Waals surface area contributed by atoms with E-state index >= 15 is 0 Å². The molecule has 0 unspecified atom stereocenters. The standard InChI is InChI=1S/C18H19N5O2/c1-13-11-15(6-7-16(13)25-2)22-18(24)20-12-14-5-3-8-19-17(14)23-10-4-9-21-23/h3-11H,12H2,1-2H3,(H2,20,22,24). The van der Waals surface area contributed by atoms with Gasteiger partial charge in [-0.3, -0.25) is 0 Å². The van der Waals surface area contributed by atoms with Crippen LogP contribution in [-0.2, 0) is 6.54 Å². The molecule has 0 saturated heterocycles. The number of methoxy groups -OCH3 is 1. The van der Waals surface area contributed by atoms with Crippen LogP contribution in [0.5, 0.6) is 5.75 Å². The Morgan fingerprint density at radius 2 is 2.12 bits per heavy atom. The van der Waals surface area contributed by atoms with Crippen molar-refractivity contribution in [2.45, 2.75) is 13.5 Å². The number of aryl methyl sites for hydroxylation is 1. The molecular formula is C18H19N5O2.